The lowest BCUT2D eigenvalue weighted by atomic mass is 9.96. The van der Waals surface area contributed by atoms with Gasteiger partial charge >= 0.3 is 5.91 Å². The van der Waals surface area contributed by atoms with Gasteiger partial charge in [-0.1, -0.05) is 45.5 Å². The second kappa shape index (κ2) is 7.96. The summed E-state index contributed by atoms with van der Waals surface area (Å²) < 4.78 is 1.79. The van der Waals surface area contributed by atoms with E-state index in [0.717, 1.165) is 20.3 Å². The number of aromatic nitrogens is 2. The molecule has 1 aliphatic heterocycles. The van der Waals surface area contributed by atoms with Gasteiger partial charge in [0.2, 0.25) is 0 Å². The highest BCUT2D eigenvalue weighted by Crippen LogP contribution is 2.44. The lowest BCUT2D eigenvalue weighted by Gasteiger charge is -2.23. The van der Waals surface area contributed by atoms with Crippen LogP contribution in [0.1, 0.15) is 22.7 Å². The number of amides is 1. The minimum Gasteiger partial charge on any atom is -0.507 e. The first-order valence-corrected chi connectivity index (χ1v) is 11.4. The lowest BCUT2D eigenvalue weighted by molar-refractivity contribution is -0.132. The number of hydrogen-bond acceptors (Lipinski definition) is 6. The van der Waals surface area contributed by atoms with Crippen molar-refractivity contribution in [3.8, 4) is 0 Å². The van der Waals surface area contributed by atoms with Crippen molar-refractivity contribution in [2.75, 3.05) is 4.90 Å². The number of nitrogens with zero attached hydrogens (tertiary/aromatic N) is 3. The number of aliphatic hydroxyl groups is 1. The van der Waals surface area contributed by atoms with Crippen LogP contribution in [-0.4, -0.2) is 26.8 Å². The van der Waals surface area contributed by atoms with Gasteiger partial charge in [-0.3, -0.25) is 19.5 Å². The third-order valence-electron chi connectivity index (χ3n) is 5.32. The molecule has 4 aromatic rings. The molecule has 32 heavy (non-hydrogen) atoms. The number of anilines is 1. The fraction of sp³-hybridized carbons (Fsp3) is 0.0833. The fourth-order valence-electron chi connectivity index (χ4n) is 3.78. The molecule has 0 spiro atoms. The van der Waals surface area contributed by atoms with Crippen LogP contribution in [0, 0.1) is 6.92 Å². The Morgan fingerprint density at radius 1 is 1.06 bits per heavy atom. The van der Waals surface area contributed by atoms with Crippen LogP contribution < -0.4 is 4.90 Å². The average Bonchev–Trinajstić information content (AvgIpc) is 3.32. The zero-order chi connectivity index (χ0) is 22.4. The van der Waals surface area contributed by atoms with Crippen LogP contribution in [0.2, 0.25) is 0 Å². The Morgan fingerprint density at radius 3 is 2.50 bits per heavy atom. The van der Waals surface area contributed by atoms with E-state index in [1.165, 1.54) is 28.6 Å². The van der Waals surface area contributed by atoms with Crippen molar-refractivity contribution in [1.82, 2.24) is 9.97 Å². The minimum absolute atomic E-state index is 0.0268. The molecule has 0 saturated carbocycles. The highest BCUT2D eigenvalue weighted by molar-refractivity contribution is 9.10. The Morgan fingerprint density at radius 2 is 1.78 bits per heavy atom. The van der Waals surface area contributed by atoms with Gasteiger partial charge in [-0.2, -0.15) is 0 Å². The van der Waals surface area contributed by atoms with Gasteiger partial charge in [0.25, 0.3) is 5.78 Å². The standard InChI is InChI=1S/C24H16BrN3O3S/c1-13-2-7-17-18(12-13)32-24(27-17)28-20(14-3-5-16(25)6-4-14)19(22(30)23(28)31)21(29)15-8-10-26-11-9-15/h2-12,20,29H,1H3. The fourth-order valence-corrected chi connectivity index (χ4v) is 5.13. The summed E-state index contributed by atoms with van der Waals surface area (Å²) in [6.45, 7) is 1.99. The van der Waals surface area contributed by atoms with Crippen molar-refractivity contribution in [3.05, 3.63) is 93.7 Å². The SMILES string of the molecule is Cc1ccc2nc(N3C(=O)C(=O)C(=C(O)c4ccncc4)C3c3ccc(Br)cc3)sc2c1. The van der Waals surface area contributed by atoms with Gasteiger partial charge in [-0.25, -0.2) is 4.98 Å². The number of halogens is 1. The normalized spacial score (nSPS) is 17.9. The maximum Gasteiger partial charge on any atom is 0.301 e. The first kappa shape index (κ1) is 20.5. The molecule has 1 aliphatic rings. The van der Waals surface area contributed by atoms with E-state index in [9.17, 15) is 14.7 Å². The molecule has 0 radical (unpaired) electrons. The summed E-state index contributed by atoms with van der Waals surface area (Å²) >= 11 is 4.77. The number of hydrogen-bond donors (Lipinski definition) is 1. The molecule has 2 aromatic carbocycles. The molecule has 1 saturated heterocycles. The number of aliphatic hydroxyl groups excluding tert-OH is 1. The molecule has 1 N–H and O–H groups in total. The van der Waals surface area contributed by atoms with E-state index in [1.54, 1.807) is 12.1 Å². The van der Waals surface area contributed by atoms with E-state index < -0.39 is 17.7 Å². The molecule has 1 unspecified atom stereocenters. The quantitative estimate of drug-likeness (QED) is 0.229. The number of rotatable bonds is 3. The first-order valence-electron chi connectivity index (χ1n) is 9.78. The van der Waals surface area contributed by atoms with Crippen LogP contribution in [0.15, 0.2) is 77.0 Å². The maximum atomic E-state index is 13.2. The topological polar surface area (TPSA) is 83.4 Å². The number of carbonyl (C=O) groups is 2. The monoisotopic (exact) mass is 505 g/mol. The number of fused-ring (bicyclic) bond motifs is 1. The van der Waals surface area contributed by atoms with Gasteiger partial charge in [0, 0.05) is 22.4 Å². The second-order valence-corrected chi connectivity index (χ2v) is 9.35. The lowest BCUT2D eigenvalue weighted by Crippen LogP contribution is -2.29. The van der Waals surface area contributed by atoms with Gasteiger partial charge < -0.3 is 5.11 Å². The Labute approximate surface area is 196 Å². The number of Topliss-reactive ketones (excluding diaryl/α,β-unsaturated/α-hetero) is 1. The zero-order valence-corrected chi connectivity index (χ0v) is 19.2. The molecular weight excluding hydrogens is 490 g/mol. The molecule has 5 rings (SSSR count). The predicted octanol–water partition coefficient (Wildman–Crippen LogP) is 5.39. The Bertz CT molecular complexity index is 1400. The average molecular weight is 506 g/mol. The second-order valence-electron chi connectivity index (χ2n) is 7.42. The molecule has 3 heterocycles. The third kappa shape index (κ3) is 3.41. The maximum absolute atomic E-state index is 13.2. The van der Waals surface area contributed by atoms with E-state index in [1.807, 2.05) is 49.4 Å². The van der Waals surface area contributed by atoms with Crippen molar-refractivity contribution in [1.29, 1.82) is 0 Å². The van der Waals surface area contributed by atoms with Crippen molar-refractivity contribution in [3.63, 3.8) is 0 Å². The summed E-state index contributed by atoms with van der Waals surface area (Å²) in [5.41, 5.74) is 2.97. The van der Waals surface area contributed by atoms with Crippen LogP contribution >= 0.6 is 27.3 Å². The smallest absolute Gasteiger partial charge is 0.301 e. The summed E-state index contributed by atoms with van der Waals surface area (Å²) in [6.07, 6.45) is 3.05. The number of benzene rings is 2. The van der Waals surface area contributed by atoms with E-state index in [0.29, 0.717) is 16.3 Å². The number of thiazole rings is 1. The molecule has 2 aromatic heterocycles. The van der Waals surface area contributed by atoms with Gasteiger partial charge in [-0.05, 0) is 54.4 Å². The van der Waals surface area contributed by atoms with E-state index in [2.05, 4.69) is 25.9 Å². The molecule has 8 heteroatoms. The minimum atomic E-state index is -0.807. The molecule has 0 bridgehead atoms. The Kier molecular flexibility index (Phi) is 5.11. The highest BCUT2D eigenvalue weighted by atomic mass is 79.9. The highest BCUT2D eigenvalue weighted by Gasteiger charge is 2.48. The predicted molar refractivity (Wildman–Crippen MR) is 128 cm³/mol. The van der Waals surface area contributed by atoms with Crippen molar-refractivity contribution in [2.45, 2.75) is 13.0 Å². The summed E-state index contributed by atoms with van der Waals surface area (Å²) in [5.74, 6) is -1.70. The van der Waals surface area contributed by atoms with Crippen molar-refractivity contribution < 1.29 is 14.7 Å². The zero-order valence-electron chi connectivity index (χ0n) is 16.8. The van der Waals surface area contributed by atoms with E-state index in [-0.39, 0.29) is 11.3 Å². The largest absolute Gasteiger partial charge is 0.507 e. The molecule has 1 atom stereocenters. The summed E-state index contributed by atoms with van der Waals surface area (Å²) in [5, 5.41) is 11.5. The van der Waals surface area contributed by atoms with Gasteiger partial charge in [0.1, 0.15) is 5.76 Å². The summed E-state index contributed by atoms with van der Waals surface area (Å²) in [6, 6.07) is 15.6. The first-order chi connectivity index (χ1) is 15.4. The van der Waals surface area contributed by atoms with E-state index in [4.69, 9.17) is 0 Å². The van der Waals surface area contributed by atoms with Crippen LogP contribution in [0.25, 0.3) is 16.0 Å². The molecule has 0 aliphatic carbocycles. The van der Waals surface area contributed by atoms with Gasteiger partial charge in [0.05, 0.1) is 21.8 Å². The number of aryl methyl sites for hydroxylation is 1. The van der Waals surface area contributed by atoms with Crippen LogP contribution in [-0.2, 0) is 9.59 Å². The molecular formula is C24H16BrN3O3S. The van der Waals surface area contributed by atoms with Crippen molar-refractivity contribution >= 4 is 60.1 Å². The molecule has 1 fully saturated rings. The van der Waals surface area contributed by atoms with E-state index >= 15 is 0 Å². The summed E-state index contributed by atoms with van der Waals surface area (Å²) in [4.78, 5) is 36.4. The Balaban J connectivity index is 1.73. The number of carbonyl (C=O) groups excluding carboxylic acids is 2. The molecule has 1 amide bonds. The Hall–Kier alpha value is -3.36. The van der Waals surface area contributed by atoms with Crippen molar-refractivity contribution in [2.24, 2.45) is 0 Å². The molecule has 6 nitrogen and oxygen atoms in total. The number of pyridine rings is 1. The van der Waals surface area contributed by atoms with Crippen LogP contribution in [0.3, 0.4) is 0 Å². The summed E-state index contributed by atoms with van der Waals surface area (Å²) in [7, 11) is 0. The van der Waals surface area contributed by atoms with Crippen LogP contribution in [0.5, 0.6) is 0 Å². The third-order valence-corrected chi connectivity index (χ3v) is 6.87. The molecule has 158 valence electrons. The van der Waals surface area contributed by atoms with Gasteiger partial charge in [-0.15, -0.1) is 0 Å². The van der Waals surface area contributed by atoms with Gasteiger partial charge in [0.15, 0.2) is 5.13 Å². The number of ketones is 1. The van der Waals surface area contributed by atoms with Crippen LogP contribution in [0.4, 0.5) is 5.13 Å².